The summed E-state index contributed by atoms with van der Waals surface area (Å²) in [7, 11) is 0. The predicted octanol–water partition coefficient (Wildman–Crippen LogP) is 4.24. The average Bonchev–Trinajstić information content (AvgIpc) is 2.63. The molecule has 0 aliphatic carbocycles. The van der Waals surface area contributed by atoms with Gasteiger partial charge in [-0.3, -0.25) is 4.79 Å². The maximum Gasteiger partial charge on any atom is 0.316 e. The number of hydrogen-bond acceptors (Lipinski definition) is 5. The second-order valence-corrected chi connectivity index (χ2v) is 7.64. The number of thioether (sulfide) groups is 1. The number of hydrogen-bond donors (Lipinski definition) is 0. The molecule has 2 heterocycles. The lowest BCUT2D eigenvalue weighted by Crippen LogP contribution is -2.44. The van der Waals surface area contributed by atoms with E-state index in [9.17, 15) is 13.6 Å². The number of benzene rings is 1. The van der Waals surface area contributed by atoms with E-state index in [-0.39, 0.29) is 22.9 Å². The third kappa shape index (κ3) is 4.91. The largest absolute Gasteiger partial charge is 0.458 e. The van der Waals surface area contributed by atoms with Crippen LogP contribution in [0.1, 0.15) is 23.2 Å². The van der Waals surface area contributed by atoms with Gasteiger partial charge in [-0.15, -0.1) is 0 Å². The van der Waals surface area contributed by atoms with Crippen molar-refractivity contribution >= 4 is 33.6 Å². The van der Waals surface area contributed by atoms with Crippen LogP contribution in [-0.2, 0) is 0 Å². The first-order valence-corrected chi connectivity index (χ1v) is 9.67. The first-order chi connectivity index (χ1) is 12.5. The molecular weight excluding hydrogens is 428 g/mol. The lowest BCUT2D eigenvalue weighted by Gasteiger charge is -2.32. The van der Waals surface area contributed by atoms with E-state index in [0.29, 0.717) is 30.4 Å². The summed E-state index contributed by atoms with van der Waals surface area (Å²) >= 11 is 3.65. The number of piperidine rings is 1. The summed E-state index contributed by atoms with van der Waals surface area (Å²) in [6.07, 6.45) is 4.48. The van der Waals surface area contributed by atoms with Crippen LogP contribution in [0.3, 0.4) is 0 Å². The molecule has 1 fully saturated rings. The third-order valence-electron chi connectivity index (χ3n) is 3.87. The minimum absolute atomic E-state index is 0.233. The van der Waals surface area contributed by atoms with Gasteiger partial charge in [0, 0.05) is 23.8 Å². The Hall–Kier alpha value is -1.74. The van der Waals surface area contributed by atoms with Gasteiger partial charge in [-0.2, -0.15) is 8.78 Å². The molecule has 3 rings (SSSR count). The molecule has 1 saturated heterocycles. The summed E-state index contributed by atoms with van der Waals surface area (Å²) in [4.78, 5) is 22.9. The van der Waals surface area contributed by atoms with Crippen molar-refractivity contribution in [1.29, 1.82) is 0 Å². The molecule has 0 radical (unpaired) electrons. The lowest BCUT2D eigenvalue weighted by molar-refractivity contribution is 0.0512. The Labute approximate surface area is 162 Å². The van der Waals surface area contributed by atoms with Crippen molar-refractivity contribution in [1.82, 2.24) is 14.9 Å². The van der Waals surface area contributed by atoms with E-state index in [1.807, 2.05) is 0 Å². The van der Waals surface area contributed by atoms with Crippen LogP contribution in [0.5, 0.6) is 6.01 Å². The zero-order valence-corrected chi connectivity index (χ0v) is 16.1. The minimum atomic E-state index is -2.57. The van der Waals surface area contributed by atoms with Gasteiger partial charge < -0.3 is 9.64 Å². The fourth-order valence-corrected chi connectivity index (χ4v) is 3.58. The molecule has 1 atom stereocenters. The van der Waals surface area contributed by atoms with Gasteiger partial charge in [0.25, 0.3) is 11.7 Å². The number of rotatable bonds is 5. The van der Waals surface area contributed by atoms with Gasteiger partial charge in [0.2, 0.25) is 0 Å². The van der Waals surface area contributed by atoms with Crippen LogP contribution < -0.4 is 4.74 Å². The number of alkyl halides is 2. The van der Waals surface area contributed by atoms with Crippen LogP contribution in [-0.4, -0.2) is 45.7 Å². The first kappa shape index (κ1) is 19.0. The van der Waals surface area contributed by atoms with E-state index in [1.165, 1.54) is 6.07 Å². The molecular formula is C17H16BrF2N3O2S. The second kappa shape index (κ2) is 8.77. The standard InChI is InChI=1S/C17H16BrF2N3O2S/c18-11-8-21-17(22-9-11)25-12-4-3-7-23(10-12)15(24)13-5-1-2-6-14(13)26-16(19)20/h1-2,5-6,8-9,12,16H,3-4,7,10H2. The molecule has 26 heavy (non-hydrogen) atoms. The van der Waals surface area contributed by atoms with E-state index in [0.717, 1.165) is 17.3 Å². The zero-order valence-electron chi connectivity index (χ0n) is 13.6. The molecule has 138 valence electrons. The van der Waals surface area contributed by atoms with E-state index in [4.69, 9.17) is 4.74 Å². The van der Waals surface area contributed by atoms with E-state index in [1.54, 1.807) is 35.5 Å². The second-order valence-electron chi connectivity index (χ2n) is 5.69. The topological polar surface area (TPSA) is 55.3 Å². The molecule has 2 aromatic rings. The van der Waals surface area contributed by atoms with Crippen molar-refractivity contribution in [3.8, 4) is 6.01 Å². The Balaban J connectivity index is 1.69. The van der Waals surface area contributed by atoms with E-state index in [2.05, 4.69) is 25.9 Å². The molecule has 0 spiro atoms. The molecule has 9 heteroatoms. The van der Waals surface area contributed by atoms with Gasteiger partial charge in [0.05, 0.1) is 16.6 Å². The number of likely N-dealkylation sites (tertiary alicyclic amines) is 1. The molecule has 0 bridgehead atoms. The Morgan fingerprint density at radius 1 is 1.31 bits per heavy atom. The summed E-state index contributed by atoms with van der Waals surface area (Å²) in [5.74, 6) is -2.84. The molecule has 1 aromatic carbocycles. The maximum atomic E-state index is 12.8. The van der Waals surface area contributed by atoms with E-state index >= 15 is 0 Å². The van der Waals surface area contributed by atoms with Gasteiger partial charge in [-0.05, 0) is 40.9 Å². The number of amides is 1. The highest BCUT2D eigenvalue weighted by Gasteiger charge is 2.28. The quantitative estimate of drug-likeness (QED) is 0.646. The van der Waals surface area contributed by atoms with Gasteiger partial charge in [0.1, 0.15) is 6.10 Å². The smallest absolute Gasteiger partial charge is 0.316 e. The van der Waals surface area contributed by atoms with Gasteiger partial charge >= 0.3 is 6.01 Å². The Bertz CT molecular complexity index is 764. The number of aromatic nitrogens is 2. The van der Waals surface area contributed by atoms with Crippen molar-refractivity contribution < 1.29 is 18.3 Å². The normalized spacial score (nSPS) is 17.4. The fourth-order valence-electron chi connectivity index (χ4n) is 2.74. The van der Waals surface area contributed by atoms with Crippen molar-refractivity contribution in [3.05, 3.63) is 46.7 Å². The monoisotopic (exact) mass is 443 g/mol. The summed E-state index contributed by atoms with van der Waals surface area (Å²) in [6.45, 7) is 0.930. The van der Waals surface area contributed by atoms with E-state index < -0.39 is 5.76 Å². The summed E-state index contributed by atoms with van der Waals surface area (Å²) in [5.41, 5.74) is 0.290. The van der Waals surface area contributed by atoms with Crippen molar-refractivity contribution in [3.63, 3.8) is 0 Å². The van der Waals surface area contributed by atoms with Crippen LogP contribution in [0, 0.1) is 0 Å². The molecule has 1 aliphatic rings. The van der Waals surface area contributed by atoms with Gasteiger partial charge in [0.15, 0.2) is 0 Å². The molecule has 0 saturated carbocycles. The van der Waals surface area contributed by atoms with Gasteiger partial charge in [-0.25, -0.2) is 9.97 Å². The van der Waals surface area contributed by atoms with Crippen molar-refractivity contribution in [2.45, 2.75) is 29.6 Å². The molecule has 0 N–H and O–H groups in total. The number of halogens is 3. The molecule has 1 aromatic heterocycles. The van der Waals surface area contributed by atoms with Crippen molar-refractivity contribution in [2.24, 2.45) is 0 Å². The third-order valence-corrected chi connectivity index (χ3v) is 5.07. The van der Waals surface area contributed by atoms with Crippen LogP contribution in [0.4, 0.5) is 8.78 Å². The summed E-state index contributed by atoms with van der Waals surface area (Å²) < 4.78 is 32.0. The molecule has 1 amide bonds. The number of carbonyl (C=O) groups is 1. The predicted molar refractivity (Wildman–Crippen MR) is 97.6 cm³/mol. The Morgan fingerprint density at radius 2 is 2.04 bits per heavy atom. The Kier molecular flexibility index (Phi) is 6.42. The number of nitrogens with zero attached hydrogens (tertiary/aromatic N) is 3. The van der Waals surface area contributed by atoms with Crippen molar-refractivity contribution in [2.75, 3.05) is 13.1 Å². The minimum Gasteiger partial charge on any atom is -0.458 e. The first-order valence-electron chi connectivity index (χ1n) is 8.00. The summed E-state index contributed by atoms with van der Waals surface area (Å²) in [5, 5.41) is 0. The highest BCUT2D eigenvalue weighted by molar-refractivity contribution is 9.10. The zero-order chi connectivity index (χ0) is 18.5. The summed E-state index contributed by atoms with van der Waals surface area (Å²) in [6, 6.07) is 6.69. The highest BCUT2D eigenvalue weighted by atomic mass is 79.9. The van der Waals surface area contributed by atoms with Crippen LogP contribution in [0.15, 0.2) is 46.0 Å². The Morgan fingerprint density at radius 3 is 2.77 bits per heavy atom. The fraction of sp³-hybridized carbons (Fsp3) is 0.353. The highest BCUT2D eigenvalue weighted by Crippen LogP contribution is 2.30. The molecule has 1 aliphatic heterocycles. The van der Waals surface area contributed by atoms with Crippen LogP contribution in [0.25, 0.3) is 0 Å². The number of ether oxygens (including phenoxy) is 1. The van der Waals surface area contributed by atoms with Gasteiger partial charge in [-0.1, -0.05) is 23.9 Å². The lowest BCUT2D eigenvalue weighted by atomic mass is 10.1. The SMILES string of the molecule is O=C(c1ccccc1SC(F)F)N1CCCC(Oc2ncc(Br)cn2)C1. The van der Waals surface area contributed by atoms with Crippen LogP contribution >= 0.6 is 27.7 Å². The average molecular weight is 444 g/mol. The molecule has 5 nitrogen and oxygen atoms in total. The van der Waals surface area contributed by atoms with Crippen LogP contribution in [0.2, 0.25) is 0 Å². The molecule has 1 unspecified atom stereocenters. The maximum absolute atomic E-state index is 12.8. The number of carbonyl (C=O) groups excluding carboxylic acids is 1.